The summed E-state index contributed by atoms with van der Waals surface area (Å²) in [6, 6.07) is 14.3. The Bertz CT molecular complexity index is 1250. The number of anilines is 1. The van der Waals surface area contributed by atoms with Gasteiger partial charge in [0, 0.05) is 25.3 Å². The van der Waals surface area contributed by atoms with E-state index in [1.165, 1.54) is 28.8 Å². The Balaban J connectivity index is 1.40. The molecule has 2 heterocycles. The fourth-order valence-corrected chi connectivity index (χ4v) is 5.25. The van der Waals surface area contributed by atoms with Gasteiger partial charge in [-0.25, -0.2) is 8.42 Å². The summed E-state index contributed by atoms with van der Waals surface area (Å²) in [6.07, 6.45) is 3.07. The van der Waals surface area contributed by atoms with E-state index in [1.54, 1.807) is 36.4 Å². The molecule has 1 fully saturated rings. The van der Waals surface area contributed by atoms with E-state index in [0.29, 0.717) is 18.8 Å². The standard InChI is InChI=1S/C23H22ClN3O5S/c24-20-10-9-18(33(30,31)27-11-1-2-12-27)14-19(20)22(28)25-15-16-5-7-17(8-6-16)26-23(29)21-4-3-13-32-21/h3-10,13-14H,1-2,11-12,15H2,(H,25,28)(H,26,29). The summed E-state index contributed by atoms with van der Waals surface area (Å²) in [4.78, 5) is 24.8. The van der Waals surface area contributed by atoms with E-state index in [0.717, 1.165) is 18.4 Å². The molecule has 1 aliphatic rings. The molecule has 0 spiro atoms. The SMILES string of the molecule is O=C(Nc1ccc(CNC(=O)c2cc(S(=O)(=O)N3CCCC3)ccc2Cl)cc1)c1ccco1. The molecule has 33 heavy (non-hydrogen) atoms. The number of nitrogens with one attached hydrogen (secondary N) is 2. The molecule has 0 atom stereocenters. The first-order valence-corrected chi connectivity index (χ1v) is 12.2. The van der Waals surface area contributed by atoms with Crippen LogP contribution in [-0.4, -0.2) is 37.6 Å². The van der Waals surface area contributed by atoms with Gasteiger partial charge in [0.1, 0.15) is 0 Å². The minimum Gasteiger partial charge on any atom is -0.459 e. The zero-order valence-electron chi connectivity index (χ0n) is 17.6. The van der Waals surface area contributed by atoms with Crippen LogP contribution in [0.1, 0.15) is 39.3 Å². The Labute approximate surface area is 196 Å². The maximum Gasteiger partial charge on any atom is 0.291 e. The van der Waals surface area contributed by atoms with Gasteiger partial charge in [0.2, 0.25) is 10.0 Å². The van der Waals surface area contributed by atoms with Crippen LogP contribution < -0.4 is 10.6 Å². The molecule has 1 aliphatic heterocycles. The molecule has 2 aromatic carbocycles. The molecule has 2 N–H and O–H groups in total. The molecule has 2 amide bonds. The third-order valence-electron chi connectivity index (χ3n) is 5.30. The van der Waals surface area contributed by atoms with Crippen molar-refractivity contribution in [2.75, 3.05) is 18.4 Å². The molecule has 8 nitrogen and oxygen atoms in total. The quantitative estimate of drug-likeness (QED) is 0.525. The average Bonchev–Trinajstić information content (AvgIpc) is 3.53. The summed E-state index contributed by atoms with van der Waals surface area (Å²) in [5, 5.41) is 5.64. The monoisotopic (exact) mass is 487 g/mol. The van der Waals surface area contributed by atoms with Gasteiger partial charge in [-0.05, 0) is 60.9 Å². The van der Waals surface area contributed by atoms with Crippen molar-refractivity contribution in [1.29, 1.82) is 0 Å². The Morgan fingerprint density at radius 3 is 2.39 bits per heavy atom. The van der Waals surface area contributed by atoms with Gasteiger partial charge in [-0.15, -0.1) is 0 Å². The lowest BCUT2D eigenvalue weighted by atomic mass is 10.1. The average molecular weight is 488 g/mol. The molecular formula is C23H22ClN3O5S. The fourth-order valence-electron chi connectivity index (χ4n) is 3.50. The largest absolute Gasteiger partial charge is 0.459 e. The van der Waals surface area contributed by atoms with Crippen LogP contribution >= 0.6 is 11.6 Å². The summed E-state index contributed by atoms with van der Waals surface area (Å²) >= 11 is 6.18. The predicted octanol–water partition coefficient (Wildman–Crippen LogP) is 3.90. The van der Waals surface area contributed by atoms with E-state index in [2.05, 4.69) is 10.6 Å². The summed E-state index contributed by atoms with van der Waals surface area (Å²) in [6.45, 7) is 1.15. The number of carbonyl (C=O) groups is 2. The van der Waals surface area contributed by atoms with E-state index >= 15 is 0 Å². The van der Waals surface area contributed by atoms with Crippen molar-refractivity contribution in [1.82, 2.24) is 9.62 Å². The molecule has 1 aromatic heterocycles. The van der Waals surface area contributed by atoms with Gasteiger partial charge in [-0.2, -0.15) is 4.31 Å². The second kappa shape index (κ2) is 9.78. The summed E-state index contributed by atoms with van der Waals surface area (Å²) in [7, 11) is -3.66. The number of rotatable bonds is 7. The van der Waals surface area contributed by atoms with Crippen LogP contribution in [0.2, 0.25) is 5.02 Å². The van der Waals surface area contributed by atoms with Gasteiger partial charge in [0.25, 0.3) is 11.8 Å². The smallest absolute Gasteiger partial charge is 0.291 e. The van der Waals surface area contributed by atoms with Crippen molar-refractivity contribution >= 4 is 39.1 Å². The highest BCUT2D eigenvalue weighted by Gasteiger charge is 2.28. The Morgan fingerprint density at radius 1 is 1.00 bits per heavy atom. The van der Waals surface area contributed by atoms with Crippen LogP contribution in [0.4, 0.5) is 5.69 Å². The molecule has 10 heteroatoms. The van der Waals surface area contributed by atoms with Crippen LogP contribution in [0.3, 0.4) is 0 Å². The molecule has 4 rings (SSSR count). The lowest BCUT2D eigenvalue weighted by Gasteiger charge is -2.16. The number of amides is 2. The molecule has 1 saturated heterocycles. The molecule has 0 saturated carbocycles. The zero-order valence-corrected chi connectivity index (χ0v) is 19.2. The van der Waals surface area contributed by atoms with E-state index in [4.69, 9.17) is 16.0 Å². The van der Waals surface area contributed by atoms with Crippen molar-refractivity contribution < 1.29 is 22.4 Å². The number of hydrogen-bond acceptors (Lipinski definition) is 5. The second-order valence-corrected chi connectivity index (χ2v) is 9.91. The molecule has 172 valence electrons. The molecule has 0 aliphatic carbocycles. The van der Waals surface area contributed by atoms with Crippen molar-refractivity contribution in [2.45, 2.75) is 24.3 Å². The van der Waals surface area contributed by atoms with Crippen LogP contribution in [-0.2, 0) is 16.6 Å². The van der Waals surface area contributed by atoms with Crippen LogP contribution in [0.5, 0.6) is 0 Å². The minimum atomic E-state index is -3.66. The van der Waals surface area contributed by atoms with Crippen molar-refractivity contribution in [3.63, 3.8) is 0 Å². The number of benzene rings is 2. The van der Waals surface area contributed by atoms with E-state index in [9.17, 15) is 18.0 Å². The number of furan rings is 1. The normalized spacial score (nSPS) is 14.2. The minimum absolute atomic E-state index is 0.0515. The topological polar surface area (TPSA) is 109 Å². The van der Waals surface area contributed by atoms with Gasteiger partial charge in [0.15, 0.2) is 5.76 Å². The fraction of sp³-hybridized carbons (Fsp3) is 0.217. The van der Waals surface area contributed by atoms with Crippen LogP contribution in [0.15, 0.2) is 70.2 Å². The first-order valence-electron chi connectivity index (χ1n) is 10.4. The van der Waals surface area contributed by atoms with E-state index in [-0.39, 0.29) is 33.7 Å². The summed E-state index contributed by atoms with van der Waals surface area (Å²) < 4.78 is 32.1. The molecule has 0 bridgehead atoms. The third-order valence-corrected chi connectivity index (χ3v) is 7.52. The lowest BCUT2D eigenvalue weighted by Crippen LogP contribution is -2.28. The number of sulfonamides is 1. The molecule has 0 radical (unpaired) electrons. The highest BCUT2D eigenvalue weighted by atomic mass is 35.5. The zero-order chi connectivity index (χ0) is 23.4. The highest BCUT2D eigenvalue weighted by molar-refractivity contribution is 7.89. The molecule has 0 unspecified atom stereocenters. The second-order valence-electron chi connectivity index (χ2n) is 7.56. The Kier molecular flexibility index (Phi) is 6.83. The van der Waals surface area contributed by atoms with Crippen molar-refractivity contribution in [2.24, 2.45) is 0 Å². The van der Waals surface area contributed by atoms with Crippen LogP contribution in [0, 0.1) is 0 Å². The molecular weight excluding hydrogens is 466 g/mol. The van der Waals surface area contributed by atoms with Gasteiger partial charge in [-0.1, -0.05) is 23.7 Å². The summed E-state index contributed by atoms with van der Waals surface area (Å²) in [5.74, 6) is -0.634. The highest BCUT2D eigenvalue weighted by Crippen LogP contribution is 2.25. The van der Waals surface area contributed by atoms with Gasteiger partial charge in [-0.3, -0.25) is 9.59 Å². The predicted molar refractivity (Wildman–Crippen MR) is 124 cm³/mol. The number of carbonyl (C=O) groups excluding carboxylic acids is 2. The maximum atomic E-state index is 12.8. The third kappa shape index (κ3) is 5.27. The Morgan fingerprint density at radius 2 is 1.73 bits per heavy atom. The summed E-state index contributed by atoms with van der Waals surface area (Å²) in [5.41, 5.74) is 1.46. The Hall–Kier alpha value is -3.14. The molecule has 3 aromatic rings. The van der Waals surface area contributed by atoms with Crippen molar-refractivity contribution in [3.8, 4) is 0 Å². The van der Waals surface area contributed by atoms with Crippen LogP contribution in [0.25, 0.3) is 0 Å². The number of hydrogen-bond donors (Lipinski definition) is 2. The number of halogens is 1. The maximum absolute atomic E-state index is 12.8. The lowest BCUT2D eigenvalue weighted by molar-refractivity contribution is 0.0949. The van der Waals surface area contributed by atoms with Gasteiger partial charge < -0.3 is 15.1 Å². The van der Waals surface area contributed by atoms with E-state index < -0.39 is 15.9 Å². The van der Waals surface area contributed by atoms with Crippen molar-refractivity contribution in [3.05, 3.63) is 82.8 Å². The van der Waals surface area contributed by atoms with Gasteiger partial charge >= 0.3 is 0 Å². The first-order chi connectivity index (χ1) is 15.8. The van der Waals surface area contributed by atoms with Gasteiger partial charge in [0.05, 0.1) is 21.7 Å². The first kappa shape index (κ1) is 23.0. The number of nitrogens with zero attached hydrogens (tertiary/aromatic N) is 1. The van der Waals surface area contributed by atoms with E-state index in [1.807, 2.05) is 0 Å².